The molecule has 7 heteroatoms. The summed E-state index contributed by atoms with van der Waals surface area (Å²) in [5.74, 6) is 0.164. The number of aliphatic imine (C=N–C) groups is 1. The minimum absolute atomic E-state index is 0.0623. The highest BCUT2D eigenvalue weighted by Crippen LogP contribution is 2.22. The molecule has 0 aromatic heterocycles. The standard InChI is InChI=1S/C17H12N2O5/c1-23-14-7-3-5-12(10-14)16-18-15(17(20)24-16)9-11-4-2-6-13(8-11)19(21)22/h2-10H,1H3/b15-9+. The molecule has 1 aliphatic heterocycles. The second-order valence-electron chi connectivity index (χ2n) is 4.92. The average Bonchev–Trinajstić information content (AvgIpc) is 2.96. The highest BCUT2D eigenvalue weighted by molar-refractivity contribution is 6.13. The van der Waals surface area contributed by atoms with Crippen LogP contribution in [-0.4, -0.2) is 23.9 Å². The molecule has 1 heterocycles. The first-order chi connectivity index (χ1) is 11.6. The summed E-state index contributed by atoms with van der Waals surface area (Å²) in [7, 11) is 1.54. The van der Waals surface area contributed by atoms with Crippen molar-refractivity contribution in [3.8, 4) is 5.75 Å². The van der Waals surface area contributed by atoms with E-state index in [0.717, 1.165) is 0 Å². The number of carbonyl (C=O) groups is 1. The summed E-state index contributed by atoms with van der Waals surface area (Å²) in [4.78, 5) is 26.4. The van der Waals surface area contributed by atoms with Crippen LogP contribution >= 0.6 is 0 Å². The molecule has 24 heavy (non-hydrogen) atoms. The minimum atomic E-state index is -0.612. The highest BCUT2D eigenvalue weighted by Gasteiger charge is 2.24. The zero-order chi connectivity index (χ0) is 17.1. The van der Waals surface area contributed by atoms with Gasteiger partial charge in [-0.3, -0.25) is 10.1 Å². The van der Waals surface area contributed by atoms with Crippen LogP contribution < -0.4 is 4.74 Å². The Kier molecular flexibility index (Phi) is 4.07. The number of nitro benzene ring substituents is 1. The van der Waals surface area contributed by atoms with Crippen LogP contribution in [0.25, 0.3) is 6.08 Å². The molecule has 120 valence electrons. The molecule has 7 nitrogen and oxygen atoms in total. The molecule has 0 radical (unpaired) electrons. The summed E-state index contributed by atoms with van der Waals surface area (Å²) >= 11 is 0. The van der Waals surface area contributed by atoms with Crippen molar-refractivity contribution in [2.45, 2.75) is 0 Å². The van der Waals surface area contributed by atoms with Crippen LogP contribution in [0.5, 0.6) is 5.75 Å². The monoisotopic (exact) mass is 324 g/mol. The molecule has 0 bridgehead atoms. The van der Waals surface area contributed by atoms with Gasteiger partial charge in [-0.05, 0) is 29.8 Å². The number of nitrogens with zero attached hydrogens (tertiary/aromatic N) is 2. The first-order valence-electron chi connectivity index (χ1n) is 6.98. The number of benzene rings is 2. The summed E-state index contributed by atoms with van der Waals surface area (Å²) in [6, 6.07) is 12.9. The number of methoxy groups -OCH3 is 1. The summed E-state index contributed by atoms with van der Waals surface area (Å²) < 4.78 is 10.3. The van der Waals surface area contributed by atoms with Crippen LogP contribution in [0, 0.1) is 10.1 Å². The third-order valence-corrected chi connectivity index (χ3v) is 3.32. The van der Waals surface area contributed by atoms with Crippen molar-refractivity contribution in [2.24, 2.45) is 4.99 Å². The van der Waals surface area contributed by atoms with Gasteiger partial charge in [0.15, 0.2) is 5.70 Å². The van der Waals surface area contributed by atoms with Crippen LogP contribution in [0.15, 0.2) is 59.2 Å². The molecular weight excluding hydrogens is 312 g/mol. The van der Waals surface area contributed by atoms with E-state index < -0.39 is 10.9 Å². The van der Waals surface area contributed by atoms with E-state index in [-0.39, 0.29) is 17.3 Å². The molecule has 0 N–H and O–H groups in total. The van der Waals surface area contributed by atoms with Gasteiger partial charge < -0.3 is 9.47 Å². The second kappa shape index (κ2) is 6.33. The Morgan fingerprint density at radius 3 is 2.75 bits per heavy atom. The third-order valence-electron chi connectivity index (χ3n) is 3.32. The first-order valence-corrected chi connectivity index (χ1v) is 6.98. The fourth-order valence-electron chi connectivity index (χ4n) is 2.17. The van der Waals surface area contributed by atoms with Gasteiger partial charge in [-0.2, -0.15) is 0 Å². The third kappa shape index (κ3) is 3.14. The maximum atomic E-state index is 12.0. The number of cyclic esters (lactones) is 1. The van der Waals surface area contributed by atoms with Gasteiger partial charge in [0, 0.05) is 17.7 Å². The number of hydrogen-bond donors (Lipinski definition) is 0. The number of nitro groups is 1. The molecule has 0 unspecified atom stereocenters. The molecule has 1 aliphatic rings. The van der Waals surface area contributed by atoms with E-state index in [1.54, 1.807) is 30.3 Å². The molecule has 0 spiro atoms. The Morgan fingerprint density at radius 1 is 1.21 bits per heavy atom. The zero-order valence-electron chi connectivity index (χ0n) is 12.6. The molecule has 2 aromatic carbocycles. The van der Waals surface area contributed by atoms with E-state index in [2.05, 4.69) is 4.99 Å². The maximum Gasteiger partial charge on any atom is 0.363 e. The molecule has 0 aliphatic carbocycles. The fraction of sp³-hybridized carbons (Fsp3) is 0.0588. The van der Waals surface area contributed by atoms with Gasteiger partial charge in [0.2, 0.25) is 5.90 Å². The van der Waals surface area contributed by atoms with Crippen LogP contribution in [0.2, 0.25) is 0 Å². The molecule has 0 atom stereocenters. The molecule has 0 saturated carbocycles. The number of esters is 1. The molecule has 2 aromatic rings. The smallest absolute Gasteiger partial charge is 0.363 e. The van der Waals surface area contributed by atoms with E-state index in [0.29, 0.717) is 16.9 Å². The van der Waals surface area contributed by atoms with Crippen molar-refractivity contribution in [1.82, 2.24) is 0 Å². The van der Waals surface area contributed by atoms with E-state index in [9.17, 15) is 14.9 Å². The van der Waals surface area contributed by atoms with E-state index in [1.165, 1.54) is 31.4 Å². The first kappa shape index (κ1) is 15.4. The summed E-state index contributed by atoms with van der Waals surface area (Å²) in [6.07, 6.45) is 1.45. The summed E-state index contributed by atoms with van der Waals surface area (Å²) in [5, 5.41) is 10.8. The van der Waals surface area contributed by atoms with Crippen molar-refractivity contribution in [3.05, 3.63) is 75.5 Å². The largest absolute Gasteiger partial charge is 0.497 e. The Bertz CT molecular complexity index is 886. The average molecular weight is 324 g/mol. The second-order valence-corrected chi connectivity index (χ2v) is 4.92. The molecule has 3 rings (SSSR count). The Hall–Kier alpha value is -3.48. The molecular formula is C17H12N2O5. The lowest BCUT2D eigenvalue weighted by molar-refractivity contribution is -0.384. The number of ether oxygens (including phenoxy) is 2. The van der Waals surface area contributed by atoms with Crippen LogP contribution in [0.4, 0.5) is 5.69 Å². The van der Waals surface area contributed by atoms with Crippen LogP contribution in [-0.2, 0) is 9.53 Å². The highest BCUT2D eigenvalue weighted by atomic mass is 16.6. The molecule has 0 amide bonds. The number of carbonyl (C=O) groups excluding carboxylic acids is 1. The molecule has 0 saturated heterocycles. The quantitative estimate of drug-likeness (QED) is 0.373. The molecule has 0 fully saturated rings. The number of hydrogen-bond acceptors (Lipinski definition) is 6. The van der Waals surface area contributed by atoms with Gasteiger partial charge in [0.25, 0.3) is 5.69 Å². The van der Waals surface area contributed by atoms with Crippen LogP contribution in [0.1, 0.15) is 11.1 Å². The van der Waals surface area contributed by atoms with E-state index >= 15 is 0 Å². The summed E-state index contributed by atoms with van der Waals surface area (Å²) in [5.41, 5.74) is 1.11. The predicted molar refractivity (Wildman–Crippen MR) is 86.7 cm³/mol. The topological polar surface area (TPSA) is 91.0 Å². The van der Waals surface area contributed by atoms with Crippen molar-refractivity contribution in [3.63, 3.8) is 0 Å². The van der Waals surface area contributed by atoms with Gasteiger partial charge in [0.1, 0.15) is 5.75 Å². The zero-order valence-corrected chi connectivity index (χ0v) is 12.6. The Morgan fingerprint density at radius 2 is 2.00 bits per heavy atom. The Labute approximate surface area is 137 Å². The van der Waals surface area contributed by atoms with Crippen molar-refractivity contribution >= 4 is 23.6 Å². The fourth-order valence-corrected chi connectivity index (χ4v) is 2.17. The predicted octanol–water partition coefficient (Wildman–Crippen LogP) is 2.95. The lowest BCUT2D eigenvalue weighted by Crippen LogP contribution is -2.05. The normalized spacial score (nSPS) is 15.1. The van der Waals surface area contributed by atoms with Crippen LogP contribution in [0.3, 0.4) is 0 Å². The van der Waals surface area contributed by atoms with Gasteiger partial charge in [0.05, 0.1) is 12.0 Å². The van der Waals surface area contributed by atoms with Crippen molar-refractivity contribution < 1.29 is 19.2 Å². The summed E-state index contributed by atoms with van der Waals surface area (Å²) in [6.45, 7) is 0. The van der Waals surface area contributed by atoms with E-state index in [4.69, 9.17) is 9.47 Å². The maximum absolute atomic E-state index is 12.0. The van der Waals surface area contributed by atoms with Crippen molar-refractivity contribution in [2.75, 3.05) is 7.11 Å². The van der Waals surface area contributed by atoms with E-state index in [1.807, 2.05) is 0 Å². The van der Waals surface area contributed by atoms with Gasteiger partial charge in [-0.1, -0.05) is 18.2 Å². The van der Waals surface area contributed by atoms with Crippen molar-refractivity contribution in [1.29, 1.82) is 0 Å². The van der Waals surface area contributed by atoms with Gasteiger partial charge in [-0.25, -0.2) is 9.79 Å². The number of rotatable bonds is 4. The lowest BCUT2D eigenvalue weighted by Gasteiger charge is -2.02. The van der Waals surface area contributed by atoms with Gasteiger partial charge >= 0.3 is 5.97 Å². The lowest BCUT2D eigenvalue weighted by atomic mass is 10.1. The Balaban J connectivity index is 1.94. The van der Waals surface area contributed by atoms with Gasteiger partial charge in [-0.15, -0.1) is 0 Å². The minimum Gasteiger partial charge on any atom is -0.497 e. The number of non-ortho nitro benzene ring substituents is 1. The SMILES string of the molecule is COc1cccc(C2=N/C(=C/c3cccc([N+](=O)[O-])c3)C(=O)O2)c1.